The van der Waals surface area contributed by atoms with Gasteiger partial charge in [0.1, 0.15) is 0 Å². The number of hydrogen-bond donors (Lipinski definition) is 3. The summed E-state index contributed by atoms with van der Waals surface area (Å²) < 4.78 is 0. The van der Waals surface area contributed by atoms with Crippen molar-refractivity contribution in [3.05, 3.63) is 35.4 Å². The molecule has 27 heavy (non-hydrogen) atoms. The molecule has 1 amide bonds. The van der Waals surface area contributed by atoms with Gasteiger partial charge in [-0.2, -0.15) is 0 Å². The number of carbonyl (C=O) groups excluding carboxylic acids is 1. The fourth-order valence-corrected chi connectivity index (χ4v) is 3.42. The number of benzene rings is 1. The normalized spacial score (nSPS) is 17.7. The van der Waals surface area contributed by atoms with E-state index in [0.717, 1.165) is 44.0 Å². The molecule has 6 nitrogen and oxygen atoms in total. The highest BCUT2D eigenvalue weighted by Crippen LogP contribution is 2.15. The Morgan fingerprint density at radius 3 is 2.63 bits per heavy atom. The van der Waals surface area contributed by atoms with Crippen LogP contribution in [0.5, 0.6) is 0 Å². The number of unbranched alkanes of at least 4 members (excludes halogenated alkanes) is 1. The zero-order valence-electron chi connectivity index (χ0n) is 17.1. The highest BCUT2D eigenvalue weighted by Gasteiger charge is 2.22. The van der Waals surface area contributed by atoms with Gasteiger partial charge in [-0.3, -0.25) is 14.7 Å². The maximum absolute atomic E-state index is 12.0. The Hall–Kier alpha value is -2.08. The van der Waals surface area contributed by atoms with Crippen LogP contribution in [-0.4, -0.2) is 56.0 Å². The van der Waals surface area contributed by atoms with Crippen molar-refractivity contribution in [2.45, 2.75) is 52.1 Å². The van der Waals surface area contributed by atoms with Crippen molar-refractivity contribution >= 4 is 11.9 Å². The standard InChI is InChI=1S/C21H35N5O/c1-4-6-13-23-20(27)18-11-9-17(10-12-18)15-24-21(22-3)25-16-19-8-7-14-26(19)5-2/h9-12,19H,4-8,13-16H2,1-3H3,(H,23,27)(H2,22,24,25). The predicted octanol–water partition coefficient (Wildman–Crippen LogP) is 2.37. The van der Waals surface area contributed by atoms with Gasteiger partial charge in [0.15, 0.2) is 5.96 Å². The zero-order valence-corrected chi connectivity index (χ0v) is 17.1. The zero-order chi connectivity index (χ0) is 19.5. The Morgan fingerprint density at radius 2 is 1.96 bits per heavy atom. The van der Waals surface area contributed by atoms with E-state index in [9.17, 15) is 4.79 Å². The number of guanidine groups is 1. The molecule has 0 saturated carbocycles. The van der Waals surface area contributed by atoms with E-state index >= 15 is 0 Å². The summed E-state index contributed by atoms with van der Waals surface area (Å²) >= 11 is 0. The summed E-state index contributed by atoms with van der Waals surface area (Å²) in [6, 6.07) is 8.34. The smallest absolute Gasteiger partial charge is 0.251 e. The van der Waals surface area contributed by atoms with Gasteiger partial charge < -0.3 is 16.0 Å². The Kier molecular flexibility index (Phi) is 9.11. The number of amides is 1. The SMILES string of the molecule is CCCCNC(=O)c1ccc(CNC(=NC)NCC2CCCN2CC)cc1. The van der Waals surface area contributed by atoms with Crippen molar-refractivity contribution in [1.82, 2.24) is 20.9 Å². The van der Waals surface area contributed by atoms with Gasteiger partial charge in [0.2, 0.25) is 0 Å². The van der Waals surface area contributed by atoms with E-state index in [-0.39, 0.29) is 5.91 Å². The van der Waals surface area contributed by atoms with Crippen LogP contribution in [-0.2, 0) is 6.54 Å². The molecule has 1 aliphatic heterocycles. The van der Waals surface area contributed by atoms with Gasteiger partial charge in [-0.15, -0.1) is 0 Å². The highest BCUT2D eigenvalue weighted by molar-refractivity contribution is 5.94. The first-order valence-corrected chi connectivity index (χ1v) is 10.2. The fourth-order valence-electron chi connectivity index (χ4n) is 3.42. The molecular formula is C21H35N5O. The maximum Gasteiger partial charge on any atom is 0.251 e. The van der Waals surface area contributed by atoms with Gasteiger partial charge in [-0.1, -0.05) is 32.4 Å². The minimum absolute atomic E-state index is 0.00234. The maximum atomic E-state index is 12.0. The van der Waals surface area contributed by atoms with Crippen LogP contribution in [0.2, 0.25) is 0 Å². The van der Waals surface area contributed by atoms with E-state index in [1.54, 1.807) is 7.05 Å². The molecule has 6 heteroatoms. The van der Waals surface area contributed by atoms with E-state index in [2.05, 4.69) is 39.7 Å². The van der Waals surface area contributed by atoms with Crippen LogP contribution >= 0.6 is 0 Å². The largest absolute Gasteiger partial charge is 0.355 e. The number of nitrogens with zero attached hydrogens (tertiary/aromatic N) is 2. The molecule has 0 aromatic heterocycles. The Morgan fingerprint density at radius 1 is 1.19 bits per heavy atom. The molecule has 0 radical (unpaired) electrons. The second-order valence-electron chi connectivity index (χ2n) is 7.04. The van der Waals surface area contributed by atoms with E-state index in [1.165, 1.54) is 19.4 Å². The summed E-state index contributed by atoms with van der Waals surface area (Å²) in [6.07, 6.45) is 4.62. The van der Waals surface area contributed by atoms with Gasteiger partial charge in [-0.25, -0.2) is 0 Å². The van der Waals surface area contributed by atoms with Crippen molar-refractivity contribution in [2.75, 3.05) is 33.2 Å². The number of hydrogen-bond acceptors (Lipinski definition) is 3. The molecule has 0 aliphatic carbocycles. The lowest BCUT2D eigenvalue weighted by molar-refractivity contribution is 0.0953. The summed E-state index contributed by atoms with van der Waals surface area (Å²) in [6.45, 7) is 8.98. The van der Waals surface area contributed by atoms with E-state index < -0.39 is 0 Å². The lowest BCUT2D eigenvalue weighted by atomic mass is 10.1. The van der Waals surface area contributed by atoms with E-state index in [4.69, 9.17) is 0 Å². The van der Waals surface area contributed by atoms with Gasteiger partial charge >= 0.3 is 0 Å². The van der Waals surface area contributed by atoms with Crippen molar-refractivity contribution in [3.63, 3.8) is 0 Å². The molecule has 1 aromatic rings. The van der Waals surface area contributed by atoms with E-state index in [0.29, 0.717) is 18.2 Å². The molecule has 3 N–H and O–H groups in total. The topological polar surface area (TPSA) is 68.8 Å². The second kappa shape index (κ2) is 11.6. The molecular weight excluding hydrogens is 338 g/mol. The number of rotatable bonds is 9. The first-order valence-electron chi connectivity index (χ1n) is 10.2. The number of nitrogens with one attached hydrogen (secondary N) is 3. The minimum Gasteiger partial charge on any atom is -0.355 e. The molecule has 0 spiro atoms. The second-order valence-corrected chi connectivity index (χ2v) is 7.04. The molecule has 1 fully saturated rings. The third-order valence-electron chi connectivity index (χ3n) is 5.13. The summed E-state index contributed by atoms with van der Waals surface area (Å²) in [5.41, 5.74) is 1.83. The first-order chi connectivity index (χ1) is 13.2. The minimum atomic E-state index is -0.00234. The Balaban J connectivity index is 1.76. The third kappa shape index (κ3) is 6.86. The van der Waals surface area contributed by atoms with Gasteiger partial charge in [0.25, 0.3) is 5.91 Å². The number of likely N-dealkylation sites (tertiary alicyclic amines) is 1. The van der Waals surface area contributed by atoms with E-state index in [1.807, 2.05) is 24.3 Å². The molecule has 1 unspecified atom stereocenters. The summed E-state index contributed by atoms with van der Waals surface area (Å²) in [5, 5.41) is 9.73. The molecule has 1 aromatic carbocycles. The Bertz CT molecular complexity index is 599. The molecule has 1 saturated heterocycles. The first kappa shape index (κ1) is 21.2. The van der Waals surface area contributed by atoms with Gasteiger partial charge in [0.05, 0.1) is 0 Å². The average molecular weight is 374 g/mol. The van der Waals surface area contributed by atoms with Crippen molar-refractivity contribution in [3.8, 4) is 0 Å². The predicted molar refractivity (Wildman–Crippen MR) is 112 cm³/mol. The van der Waals surface area contributed by atoms with Crippen LogP contribution < -0.4 is 16.0 Å². The van der Waals surface area contributed by atoms with Crippen LogP contribution in [0.3, 0.4) is 0 Å². The third-order valence-corrected chi connectivity index (χ3v) is 5.13. The molecule has 1 atom stereocenters. The molecule has 150 valence electrons. The number of carbonyl (C=O) groups is 1. The van der Waals surface area contributed by atoms with Crippen molar-refractivity contribution in [1.29, 1.82) is 0 Å². The lowest BCUT2D eigenvalue weighted by Gasteiger charge is -2.24. The Labute approximate surface area is 163 Å². The monoisotopic (exact) mass is 373 g/mol. The molecule has 0 bridgehead atoms. The van der Waals surface area contributed by atoms with Crippen LogP contribution in [0.4, 0.5) is 0 Å². The molecule has 1 aliphatic rings. The lowest BCUT2D eigenvalue weighted by Crippen LogP contribution is -2.44. The van der Waals surface area contributed by atoms with Crippen LogP contribution in [0, 0.1) is 0 Å². The number of likely N-dealkylation sites (N-methyl/N-ethyl adjacent to an activating group) is 1. The molecule has 1 heterocycles. The summed E-state index contributed by atoms with van der Waals surface area (Å²) in [7, 11) is 1.80. The van der Waals surface area contributed by atoms with Crippen LogP contribution in [0.1, 0.15) is 55.5 Å². The number of aliphatic imine (C=N–C) groups is 1. The van der Waals surface area contributed by atoms with Gasteiger partial charge in [0, 0.05) is 38.3 Å². The summed E-state index contributed by atoms with van der Waals surface area (Å²) in [5.74, 6) is 0.816. The molecule has 2 rings (SSSR count). The summed E-state index contributed by atoms with van der Waals surface area (Å²) in [4.78, 5) is 18.9. The van der Waals surface area contributed by atoms with Gasteiger partial charge in [-0.05, 0) is 50.0 Å². The van der Waals surface area contributed by atoms with Crippen molar-refractivity contribution in [2.24, 2.45) is 4.99 Å². The fraction of sp³-hybridized carbons (Fsp3) is 0.619. The van der Waals surface area contributed by atoms with Crippen molar-refractivity contribution < 1.29 is 4.79 Å². The van der Waals surface area contributed by atoms with Crippen LogP contribution in [0.15, 0.2) is 29.3 Å². The highest BCUT2D eigenvalue weighted by atomic mass is 16.1. The quantitative estimate of drug-likeness (QED) is 0.353. The average Bonchev–Trinajstić information content (AvgIpc) is 3.16. The van der Waals surface area contributed by atoms with Crippen LogP contribution in [0.25, 0.3) is 0 Å².